The summed E-state index contributed by atoms with van der Waals surface area (Å²) in [7, 11) is 2.62. The third-order valence-corrected chi connectivity index (χ3v) is 7.64. The maximum atomic E-state index is 12.8. The van der Waals surface area contributed by atoms with Gasteiger partial charge in [0.1, 0.15) is 25.7 Å². The first kappa shape index (κ1) is 39.0. The van der Waals surface area contributed by atoms with E-state index in [1.807, 2.05) is 13.8 Å². The molecule has 0 bridgehead atoms. The van der Waals surface area contributed by atoms with E-state index in [0.29, 0.717) is 32.1 Å². The van der Waals surface area contributed by atoms with Gasteiger partial charge in [0.15, 0.2) is 0 Å². The lowest BCUT2D eigenvalue weighted by atomic mass is 9.93. The van der Waals surface area contributed by atoms with E-state index in [-0.39, 0.29) is 67.9 Å². The summed E-state index contributed by atoms with van der Waals surface area (Å²) in [5.74, 6) is -3.51. The molecule has 3 unspecified atom stereocenters. The van der Waals surface area contributed by atoms with Crippen LogP contribution in [0.5, 0.6) is 0 Å². The van der Waals surface area contributed by atoms with Gasteiger partial charge in [0, 0.05) is 25.8 Å². The van der Waals surface area contributed by atoms with Crippen molar-refractivity contribution < 1.29 is 43.1 Å². The normalized spacial score (nSPS) is 15.0. The number of hydrogen-bond acceptors (Lipinski definition) is 9. The average molecular weight is 677 g/mol. The first-order valence-corrected chi connectivity index (χ1v) is 15.9. The van der Waals surface area contributed by atoms with Crippen molar-refractivity contribution in [2.45, 2.75) is 63.6 Å². The second kappa shape index (κ2) is 20.1. The van der Waals surface area contributed by atoms with Gasteiger partial charge in [0.05, 0.1) is 25.6 Å². The zero-order chi connectivity index (χ0) is 34.8. The molecule has 0 saturated carbocycles. The van der Waals surface area contributed by atoms with Crippen LogP contribution in [0, 0.1) is 5.92 Å². The number of nitrogens with zero attached hydrogens (tertiary/aromatic N) is 1. The molecule has 3 atom stereocenters. The molecule has 5 N–H and O–H groups in total. The predicted octanol–water partition coefficient (Wildman–Crippen LogP) is -1.06. The highest BCUT2D eigenvalue weighted by molar-refractivity contribution is 7.19. The largest absolute Gasteiger partial charge is 0.354 e. The fraction of sp³-hybridized carbons (Fsp3) is 0.548. The van der Waals surface area contributed by atoms with Crippen LogP contribution in [0.1, 0.15) is 51.5 Å². The predicted molar refractivity (Wildman–Crippen MR) is 173 cm³/mol. The number of imide groups is 1. The third-order valence-electron chi connectivity index (χ3n) is 7.23. The summed E-state index contributed by atoms with van der Waals surface area (Å²) in [4.78, 5) is 98.0. The van der Waals surface area contributed by atoms with Gasteiger partial charge in [-0.2, -0.15) is 0 Å². The summed E-state index contributed by atoms with van der Waals surface area (Å²) in [5.41, 5.74) is 0.748. The summed E-state index contributed by atoms with van der Waals surface area (Å²) < 4.78 is 4.83. The minimum Gasteiger partial charge on any atom is -0.354 e. The second-order valence-corrected chi connectivity index (χ2v) is 13.1. The number of benzene rings is 1. The van der Waals surface area contributed by atoms with E-state index >= 15 is 0 Å². The van der Waals surface area contributed by atoms with Crippen molar-refractivity contribution in [3.8, 4) is 0 Å². The molecule has 258 valence electrons. The molecule has 7 amide bonds. The number of amides is 7. The van der Waals surface area contributed by atoms with Gasteiger partial charge in [0.25, 0.3) is 0 Å². The zero-order valence-electron chi connectivity index (χ0n) is 26.8. The molecule has 1 heterocycles. The summed E-state index contributed by atoms with van der Waals surface area (Å²) >= 11 is 0. The van der Waals surface area contributed by atoms with Crippen molar-refractivity contribution in [1.82, 2.24) is 31.5 Å². The number of likely N-dealkylation sites (tertiary alicyclic amines) is 1. The standard InChI is InChI=1S/C31H45N6O9P/c1-31(2,47)22-16-28(43)37(30(22)45)12-8-4-7-11-24(39)32-17-25(40)33-19-27(42)36-23(15-21-9-5-3-6-10-21)29(44)34-18-26(41)35-20-46-14-13-38/h3,5-6,9-10,13,22-23H,4,7-8,11-12,14-20,47H2,1-2H3,(H,32,39)(H,33,40)(H,34,44)(H,35,41)(H,36,42). The van der Waals surface area contributed by atoms with E-state index < -0.39 is 42.8 Å². The lowest BCUT2D eigenvalue weighted by Crippen LogP contribution is -2.52. The van der Waals surface area contributed by atoms with Crippen LogP contribution in [0.25, 0.3) is 0 Å². The molecule has 0 spiro atoms. The maximum absolute atomic E-state index is 12.8. The quantitative estimate of drug-likeness (QED) is 0.0353. The van der Waals surface area contributed by atoms with Gasteiger partial charge in [-0.05, 0) is 23.6 Å². The summed E-state index contributed by atoms with van der Waals surface area (Å²) in [6.45, 7) is 2.52. The minimum absolute atomic E-state index is 0.119. The van der Waals surface area contributed by atoms with Gasteiger partial charge in [-0.25, -0.2) is 0 Å². The monoisotopic (exact) mass is 676 g/mol. The Balaban J connectivity index is 1.69. The van der Waals surface area contributed by atoms with E-state index in [9.17, 15) is 38.4 Å². The number of unbranched alkanes of at least 4 members (excludes halogenated alkanes) is 2. The van der Waals surface area contributed by atoms with Crippen molar-refractivity contribution in [1.29, 1.82) is 0 Å². The number of hydrogen-bond donors (Lipinski definition) is 5. The maximum Gasteiger partial charge on any atom is 0.243 e. The Bertz CT molecular complexity index is 1270. The van der Waals surface area contributed by atoms with Crippen molar-refractivity contribution >= 4 is 56.9 Å². The molecule has 1 aromatic rings. The smallest absolute Gasteiger partial charge is 0.243 e. The highest BCUT2D eigenvalue weighted by Gasteiger charge is 2.44. The van der Waals surface area contributed by atoms with E-state index in [2.05, 4.69) is 35.8 Å². The Morgan fingerprint density at radius 3 is 2.21 bits per heavy atom. The van der Waals surface area contributed by atoms with Crippen molar-refractivity contribution in [2.24, 2.45) is 5.92 Å². The van der Waals surface area contributed by atoms with Crippen molar-refractivity contribution in [3.63, 3.8) is 0 Å². The molecular formula is C31H45N6O9P. The molecule has 0 aliphatic carbocycles. The van der Waals surface area contributed by atoms with Gasteiger partial charge in [-0.3, -0.25) is 38.5 Å². The lowest BCUT2D eigenvalue weighted by Gasteiger charge is -2.24. The molecule has 0 radical (unpaired) electrons. The number of rotatable bonds is 21. The first-order valence-electron chi connectivity index (χ1n) is 15.4. The number of ether oxygens (including phenoxy) is 1. The summed E-state index contributed by atoms with van der Waals surface area (Å²) in [6, 6.07) is 7.82. The molecule has 47 heavy (non-hydrogen) atoms. The molecule has 1 fully saturated rings. The third kappa shape index (κ3) is 14.8. The molecule has 0 aromatic heterocycles. The van der Waals surface area contributed by atoms with E-state index in [1.165, 1.54) is 4.90 Å². The Morgan fingerprint density at radius 1 is 0.915 bits per heavy atom. The molecule has 1 aliphatic rings. The van der Waals surface area contributed by atoms with Crippen LogP contribution in [0.15, 0.2) is 30.3 Å². The average Bonchev–Trinajstić information content (AvgIpc) is 3.32. The van der Waals surface area contributed by atoms with Crippen LogP contribution in [-0.4, -0.2) is 103 Å². The summed E-state index contributed by atoms with van der Waals surface area (Å²) in [5, 5.41) is 11.9. The second-order valence-electron chi connectivity index (χ2n) is 11.6. The topological polar surface area (TPSA) is 209 Å². The summed E-state index contributed by atoms with van der Waals surface area (Å²) in [6.07, 6.45) is 2.69. The van der Waals surface area contributed by atoms with E-state index in [4.69, 9.17) is 4.74 Å². The fourth-order valence-corrected chi connectivity index (χ4v) is 4.90. The molecule has 1 aliphatic heterocycles. The van der Waals surface area contributed by atoms with Crippen LogP contribution in [0.2, 0.25) is 0 Å². The van der Waals surface area contributed by atoms with Crippen molar-refractivity contribution in [3.05, 3.63) is 35.9 Å². The molecule has 1 saturated heterocycles. The van der Waals surface area contributed by atoms with Gasteiger partial charge in [-0.1, -0.05) is 50.6 Å². The number of nitrogens with one attached hydrogen (secondary N) is 5. The number of carbonyl (C=O) groups excluding carboxylic acids is 8. The van der Waals surface area contributed by atoms with Gasteiger partial charge >= 0.3 is 0 Å². The van der Waals surface area contributed by atoms with E-state index in [1.54, 1.807) is 30.3 Å². The SMILES string of the molecule is CC(C)(P)C1CC(=O)N(CCCCCC(=O)NCC(=O)NCC(=O)NC(Cc2ccccc2)C(=O)NCC(=O)NCOCC=O)C1=O. The van der Waals surface area contributed by atoms with Crippen LogP contribution in [-0.2, 0) is 49.5 Å². The zero-order valence-corrected chi connectivity index (χ0v) is 28.0. The lowest BCUT2D eigenvalue weighted by molar-refractivity contribution is -0.139. The highest BCUT2D eigenvalue weighted by atomic mass is 31.0. The van der Waals surface area contributed by atoms with E-state index in [0.717, 1.165) is 5.56 Å². The number of aldehydes is 1. The Labute approximate surface area is 276 Å². The Hall–Kier alpha value is -4.23. The molecule has 15 nitrogen and oxygen atoms in total. The van der Waals surface area contributed by atoms with Gasteiger partial charge in [0.2, 0.25) is 41.4 Å². The van der Waals surface area contributed by atoms with Crippen LogP contribution in [0.3, 0.4) is 0 Å². The van der Waals surface area contributed by atoms with Crippen LogP contribution >= 0.6 is 9.24 Å². The Kier molecular flexibility index (Phi) is 16.7. The molecule has 16 heteroatoms. The van der Waals surface area contributed by atoms with Crippen LogP contribution in [0.4, 0.5) is 0 Å². The fourth-order valence-electron chi connectivity index (χ4n) is 4.64. The number of carbonyl (C=O) groups is 8. The van der Waals surface area contributed by atoms with Gasteiger partial charge < -0.3 is 36.1 Å². The van der Waals surface area contributed by atoms with Crippen molar-refractivity contribution in [2.75, 3.05) is 39.5 Å². The van der Waals surface area contributed by atoms with Gasteiger partial charge in [-0.15, -0.1) is 9.24 Å². The molecule has 2 rings (SSSR count). The molecular weight excluding hydrogens is 631 g/mol. The highest BCUT2D eigenvalue weighted by Crippen LogP contribution is 2.35. The minimum atomic E-state index is -1.05. The first-order chi connectivity index (χ1) is 22.3. The van der Waals surface area contributed by atoms with Crippen LogP contribution < -0.4 is 26.6 Å². The molecule has 1 aromatic carbocycles. The Morgan fingerprint density at radius 2 is 1.55 bits per heavy atom.